The first-order chi connectivity index (χ1) is 20.0. The van der Waals surface area contributed by atoms with E-state index in [1.807, 2.05) is 76.5 Å². The zero-order chi connectivity index (χ0) is 28.9. The summed E-state index contributed by atoms with van der Waals surface area (Å²) in [6.07, 6.45) is 10.1. The van der Waals surface area contributed by atoms with E-state index in [1.54, 1.807) is 33.9 Å². The number of nitrogens with one attached hydrogen (secondary N) is 1. The fourth-order valence-corrected chi connectivity index (χ4v) is 4.44. The maximum Gasteiger partial charge on any atom is 0.259 e. The molecule has 0 saturated carbocycles. The van der Waals surface area contributed by atoms with Crippen molar-refractivity contribution in [2.45, 2.75) is 26.8 Å². The average Bonchev–Trinajstić information content (AvgIpc) is 3.65. The van der Waals surface area contributed by atoms with Crippen LogP contribution in [0.5, 0.6) is 0 Å². The van der Waals surface area contributed by atoms with Gasteiger partial charge in [-0.2, -0.15) is 5.10 Å². The monoisotopic (exact) mass is 543 g/mol. The molecule has 5 aromatic heterocycles. The van der Waals surface area contributed by atoms with Gasteiger partial charge in [-0.1, -0.05) is 56.0 Å². The Hall–Kier alpha value is -5.56. The molecule has 0 radical (unpaired) electrons. The van der Waals surface area contributed by atoms with E-state index >= 15 is 0 Å². The summed E-state index contributed by atoms with van der Waals surface area (Å²) in [4.78, 5) is 31.4. The highest BCUT2D eigenvalue weighted by Gasteiger charge is 2.22. The number of aromatic nitrogens is 7. The minimum Gasteiger partial charge on any atom is -0.383 e. The van der Waals surface area contributed by atoms with Crippen molar-refractivity contribution in [3.63, 3.8) is 0 Å². The minimum atomic E-state index is -0.439. The number of hydrogen-bond donors (Lipinski definition) is 2. The van der Waals surface area contributed by atoms with Crippen molar-refractivity contribution >= 4 is 28.4 Å². The number of pyridine rings is 2. The van der Waals surface area contributed by atoms with E-state index in [0.717, 1.165) is 27.9 Å². The smallest absolute Gasteiger partial charge is 0.259 e. The van der Waals surface area contributed by atoms with Crippen molar-refractivity contribution < 1.29 is 4.79 Å². The molecule has 1 unspecified atom stereocenters. The summed E-state index contributed by atoms with van der Waals surface area (Å²) in [5.74, 6) is 6.09. The fourth-order valence-electron chi connectivity index (χ4n) is 4.44. The third kappa shape index (κ3) is 5.46. The lowest BCUT2D eigenvalue weighted by Crippen LogP contribution is -2.29. The number of benzene rings is 1. The molecule has 0 aliphatic carbocycles. The number of hydrogen-bond acceptors (Lipinski definition) is 7. The predicted octanol–water partition coefficient (Wildman–Crippen LogP) is 4.57. The van der Waals surface area contributed by atoms with E-state index in [9.17, 15) is 4.79 Å². The van der Waals surface area contributed by atoms with Crippen LogP contribution in [-0.4, -0.2) is 40.0 Å². The van der Waals surface area contributed by atoms with Gasteiger partial charge in [-0.05, 0) is 19.1 Å². The molecule has 1 atom stereocenters. The van der Waals surface area contributed by atoms with Crippen molar-refractivity contribution in [3.05, 3.63) is 102 Å². The zero-order valence-electron chi connectivity index (χ0n) is 23.2. The lowest BCUT2D eigenvalue weighted by Gasteiger charge is -2.19. The Morgan fingerprint density at radius 3 is 2.61 bits per heavy atom. The predicted molar refractivity (Wildman–Crippen MR) is 159 cm³/mol. The van der Waals surface area contributed by atoms with E-state index in [-0.39, 0.29) is 17.3 Å². The van der Waals surface area contributed by atoms with Crippen molar-refractivity contribution in [2.75, 3.05) is 5.73 Å². The Morgan fingerprint density at radius 1 is 1.05 bits per heavy atom. The first-order valence-corrected chi connectivity index (χ1v) is 13.2. The van der Waals surface area contributed by atoms with E-state index < -0.39 is 6.04 Å². The van der Waals surface area contributed by atoms with Gasteiger partial charge in [0.05, 0.1) is 34.6 Å². The molecule has 0 saturated heterocycles. The third-order valence-corrected chi connectivity index (χ3v) is 6.35. The number of carbonyl (C=O) groups excluding carboxylic acids is 1. The Balaban J connectivity index is 0.00000165. The largest absolute Gasteiger partial charge is 0.383 e. The van der Waals surface area contributed by atoms with E-state index in [1.165, 1.54) is 6.33 Å². The summed E-state index contributed by atoms with van der Waals surface area (Å²) < 4.78 is 3.36. The van der Waals surface area contributed by atoms with Crippen LogP contribution in [0.15, 0.2) is 79.8 Å². The molecule has 0 bridgehead atoms. The van der Waals surface area contributed by atoms with Crippen LogP contribution in [0.1, 0.15) is 53.9 Å². The molecule has 1 aromatic carbocycles. The van der Waals surface area contributed by atoms with Crippen molar-refractivity contribution in [1.29, 1.82) is 0 Å². The second kappa shape index (κ2) is 11.7. The van der Waals surface area contributed by atoms with Gasteiger partial charge >= 0.3 is 0 Å². The number of anilines is 1. The SMILES string of the molecule is CC.CC(NC(=O)c1c(N)ncn2ccnc12)c1cc2nccc(C#Cc3cnn(C)c3)c2nc1-c1ccccc1. The van der Waals surface area contributed by atoms with Gasteiger partial charge in [0.15, 0.2) is 5.65 Å². The van der Waals surface area contributed by atoms with Gasteiger partial charge in [-0.15, -0.1) is 0 Å². The molecule has 3 N–H and O–H groups in total. The number of fused-ring (bicyclic) bond motifs is 2. The molecule has 5 heterocycles. The molecular weight excluding hydrogens is 514 g/mol. The van der Waals surface area contributed by atoms with Gasteiger partial charge in [0.25, 0.3) is 5.91 Å². The minimum absolute atomic E-state index is 0.108. The summed E-state index contributed by atoms with van der Waals surface area (Å²) in [5, 5.41) is 7.23. The lowest BCUT2D eigenvalue weighted by molar-refractivity contribution is 0.0941. The van der Waals surface area contributed by atoms with Gasteiger partial charge in [0.1, 0.15) is 23.2 Å². The Labute approximate surface area is 237 Å². The highest BCUT2D eigenvalue weighted by atomic mass is 16.1. The molecular formula is C31H29N9O. The highest BCUT2D eigenvalue weighted by molar-refractivity contribution is 6.04. The molecule has 6 aromatic rings. The quantitative estimate of drug-likeness (QED) is 0.312. The normalized spacial score (nSPS) is 11.3. The molecule has 41 heavy (non-hydrogen) atoms. The van der Waals surface area contributed by atoms with Crippen molar-refractivity contribution in [3.8, 4) is 23.1 Å². The van der Waals surface area contributed by atoms with Crippen molar-refractivity contribution in [2.24, 2.45) is 7.05 Å². The van der Waals surface area contributed by atoms with Crippen LogP contribution in [0, 0.1) is 11.8 Å². The van der Waals surface area contributed by atoms with Crippen LogP contribution < -0.4 is 11.1 Å². The molecule has 0 spiro atoms. The number of nitrogen functional groups attached to an aromatic ring is 1. The number of nitrogens with zero attached hydrogens (tertiary/aromatic N) is 7. The Morgan fingerprint density at radius 2 is 1.85 bits per heavy atom. The van der Waals surface area contributed by atoms with Crippen LogP contribution >= 0.6 is 0 Å². The zero-order valence-corrected chi connectivity index (χ0v) is 23.2. The molecule has 0 fully saturated rings. The van der Waals surface area contributed by atoms with Gasteiger partial charge in [-0.25, -0.2) is 15.0 Å². The summed E-state index contributed by atoms with van der Waals surface area (Å²) in [6.45, 7) is 5.90. The van der Waals surface area contributed by atoms with Gasteiger partial charge in [-0.3, -0.25) is 18.9 Å². The molecule has 6 rings (SSSR count). The Bertz CT molecular complexity index is 1910. The number of nitrogens with two attached hydrogens (primary N) is 1. The number of aryl methyl sites for hydroxylation is 1. The first-order valence-electron chi connectivity index (χ1n) is 13.2. The van der Waals surface area contributed by atoms with Crippen LogP contribution in [-0.2, 0) is 7.05 Å². The molecule has 10 heteroatoms. The second-order valence-corrected chi connectivity index (χ2v) is 9.03. The van der Waals surface area contributed by atoms with Crippen LogP contribution in [0.2, 0.25) is 0 Å². The first kappa shape index (κ1) is 27.0. The van der Waals surface area contributed by atoms with Gasteiger partial charge in [0, 0.05) is 43.0 Å². The van der Waals surface area contributed by atoms with Crippen molar-refractivity contribution in [1.82, 2.24) is 39.4 Å². The third-order valence-electron chi connectivity index (χ3n) is 6.35. The van der Waals surface area contributed by atoms with Crippen LogP contribution in [0.25, 0.3) is 27.9 Å². The topological polar surface area (TPSA) is 129 Å². The fraction of sp³-hybridized carbons (Fsp3) is 0.161. The number of carbonyl (C=O) groups is 1. The van der Waals surface area contributed by atoms with E-state index in [0.29, 0.717) is 16.7 Å². The number of amides is 1. The Kier molecular flexibility index (Phi) is 7.69. The second-order valence-electron chi connectivity index (χ2n) is 9.03. The van der Waals surface area contributed by atoms with Crippen LogP contribution in [0.4, 0.5) is 5.82 Å². The summed E-state index contributed by atoms with van der Waals surface area (Å²) >= 11 is 0. The summed E-state index contributed by atoms with van der Waals surface area (Å²) in [6, 6.07) is 13.2. The van der Waals surface area contributed by atoms with Gasteiger partial charge < -0.3 is 11.1 Å². The standard InChI is InChI=1S/C29H23N9O.C2H6/c1-18(35-29(39)24-27(30)33-17-38-13-12-32-28(24)38)22-14-23-26(36-25(22)20-6-4-3-5-7-20)21(10-11-31-23)9-8-19-15-34-37(2)16-19;1-2/h3-7,10-18H,30H2,1-2H3,(H,35,39);1-2H3. The molecule has 204 valence electrons. The maximum absolute atomic E-state index is 13.4. The van der Waals surface area contributed by atoms with E-state index in [2.05, 4.69) is 37.2 Å². The van der Waals surface area contributed by atoms with Gasteiger partial charge in [0.2, 0.25) is 0 Å². The lowest BCUT2D eigenvalue weighted by atomic mass is 9.98. The summed E-state index contributed by atoms with van der Waals surface area (Å²) in [5.41, 5.74) is 12.0. The summed E-state index contributed by atoms with van der Waals surface area (Å²) in [7, 11) is 1.85. The molecule has 0 aliphatic heterocycles. The number of imidazole rings is 1. The molecule has 1 amide bonds. The number of rotatable bonds is 4. The maximum atomic E-state index is 13.4. The molecule has 10 nitrogen and oxygen atoms in total. The van der Waals surface area contributed by atoms with Crippen LogP contribution in [0.3, 0.4) is 0 Å². The molecule has 0 aliphatic rings. The van der Waals surface area contributed by atoms with E-state index in [4.69, 9.17) is 10.7 Å². The average molecular weight is 544 g/mol. The highest BCUT2D eigenvalue weighted by Crippen LogP contribution is 2.31.